The van der Waals surface area contributed by atoms with Crippen molar-refractivity contribution in [1.82, 2.24) is 10.6 Å². The van der Waals surface area contributed by atoms with Gasteiger partial charge in [-0.3, -0.25) is 9.59 Å². The predicted octanol–water partition coefficient (Wildman–Crippen LogP) is 1.88. The van der Waals surface area contributed by atoms with Gasteiger partial charge in [0, 0.05) is 12.1 Å². The highest BCUT2D eigenvalue weighted by Gasteiger charge is 2.26. The minimum absolute atomic E-state index is 0.132. The standard InChI is InChI=1S/C23H30N2O8S/c1-6-15(21(27)25-16(22(28)29)7-8-34-5)24-19(26)11-14-12(2)20-17(32-4)9-13(31-3)10-18(20)33-23(14)30/h9-10,15-16H,6-8,11H2,1-5H3,(H,24,26)(H,25,27)(H,28,29)/t15-,16+/m1/s1. The van der Waals surface area contributed by atoms with E-state index in [2.05, 4.69) is 10.6 Å². The predicted molar refractivity (Wildman–Crippen MR) is 129 cm³/mol. The lowest BCUT2D eigenvalue weighted by Gasteiger charge is -2.20. The van der Waals surface area contributed by atoms with Gasteiger partial charge in [-0.05, 0) is 37.3 Å². The molecular formula is C23H30N2O8S. The molecule has 0 aliphatic heterocycles. The van der Waals surface area contributed by atoms with E-state index < -0.39 is 35.5 Å². The highest BCUT2D eigenvalue weighted by Crippen LogP contribution is 2.33. The average molecular weight is 495 g/mol. The van der Waals surface area contributed by atoms with Crippen LogP contribution in [0.1, 0.15) is 30.9 Å². The summed E-state index contributed by atoms with van der Waals surface area (Å²) in [7, 11) is 2.95. The van der Waals surface area contributed by atoms with E-state index in [0.717, 1.165) is 0 Å². The number of carboxylic acid groups (broad SMARTS) is 1. The zero-order chi connectivity index (χ0) is 25.4. The zero-order valence-corrected chi connectivity index (χ0v) is 20.7. The number of aliphatic carboxylic acids is 1. The van der Waals surface area contributed by atoms with Crippen LogP contribution in [-0.4, -0.2) is 61.2 Å². The molecule has 2 aromatic rings. The number of nitrogens with one attached hydrogen (secondary N) is 2. The summed E-state index contributed by atoms with van der Waals surface area (Å²) in [4.78, 5) is 49.4. The van der Waals surface area contributed by atoms with Crippen molar-refractivity contribution in [3.8, 4) is 11.5 Å². The summed E-state index contributed by atoms with van der Waals surface area (Å²) in [5.74, 6) is -0.870. The average Bonchev–Trinajstić information content (AvgIpc) is 2.81. The number of benzene rings is 1. The molecule has 0 spiro atoms. The van der Waals surface area contributed by atoms with Crippen molar-refractivity contribution >= 4 is 40.5 Å². The Labute approximate surface area is 201 Å². The van der Waals surface area contributed by atoms with E-state index in [1.165, 1.54) is 26.0 Å². The molecule has 1 aromatic heterocycles. The molecule has 2 amide bonds. The second-order valence-electron chi connectivity index (χ2n) is 7.58. The first kappa shape index (κ1) is 27.0. The molecule has 0 unspecified atom stereocenters. The molecule has 34 heavy (non-hydrogen) atoms. The van der Waals surface area contributed by atoms with Gasteiger partial charge < -0.3 is 29.6 Å². The van der Waals surface area contributed by atoms with Crippen LogP contribution in [0.15, 0.2) is 21.3 Å². The van der Waals surface area contributed by atoms with E-state index in [4.69, 9.17) is 13.9 Å². The first-order valence-electron chi connectivity index (χ1n) is 10.7. The number of carbonyl (C=O) groups is 3. The number of ether oxygens (including phenoxy) is 2. The van der Waals surface area contributed by atoms with E-state index in [9.17, 15) is 24.3 Å². The summed E-state index contributed by atoms with van der Waals surface area (Å²) in [6, 6.07) is 1.20. The smallest absolute Gasteiger partial charge is 0.340 e. The molecule has 0 aliphatic carbocycles. The van der Waals surface area contributed by atoms with Crippen LogP contribution >= 0.6 is 11.8 Å². The van der Waals surface area contributed by atoms with Crippen molar-refractivity contribution in [3.05, 3.63) is 33.7 Å². The number of carboxylic acids is 1. The van der Waals surface area contributed by atoms with Gasteiger partial charge in [-0.1, -0.05) is 6.92 Å². The highest BCUT2D eigenvalue weighted by molar-refractivity contribution is 7.98. The van der Waals surface area contributed by atoms with Crippen LogP contribution in [0.3, 0.4) is 0 Å². The molecule has 10 nitrogen and oxygen atoms in total. The monoisotopic (exact) mass is 494 g/mol. The lowest BCUT2D eigenvalue weighted by atomic mass is 10.0. The van der Waals surface area contributed by atoms with Crippen molar-refractivity contribution in [3.63, 3.8) is 0 Å². The van der Waals surface area contributed by atoms with Crippen LogP contribution in [-0.2, 0) is 20.8 Å². The molecule has 3 N–H and O–H groups in total. The Morgan fingerprint density at radius 2 is 1.85 bits per heavy atom. The Balaban J connectivity index is 2.24. The van der Waals surface area contributed by atoms with Gasteiger partial charge in [0.25, 0.3) is 0 Å². The molecule has 0 fully saturated rings. The van der Waals surface area contributed by atoms with Gasteiger partial charge >= 0.3 is 11.6 Å². The molecule has 0 bridgehead atoms. The maximum atomic E-state index is 12.7. The molecule has 2 atom stereocenters. The normalized spacial score (nSPS) is 12.6. The van der Waals surface area contributed by atoms with Crippen molar-refractivity contribution in [1.29, 1.82) is 0 Å². The Bertz CT molecular complexity index is 1110. The SMILES string of the molecule is CC[C@@H](NC(=O)Cc1c(C)c2c(OC)cc(OC)cc2oc1=O)C(=O)N[C@@H](CCSC)C(=O)O. The van der Waals surface area contributed by atoms with Crippen LogP contribution in [0.2, 0.25) is 0 Å². The number of hydrogen-bond donors (Lipinski definition) is 3. The fourth-order valence-corrected chi connectivity index (χ4v) is 3.96. The topological polar surface area (TPSA) is 144 Å². The molecule has 1 heterocycles. The van der Waals surface area contributed by atoms with Gasteiger partial charge in [-0.15, -0.1) is 0 Å². The molecule has 1 aromatic carbocycles. The maximum Gasteiger partial charge on any atom is 0.340 e. The van der Waals surface area contributed by atoms with E-state index in [1.807, 2.05) is 6.26 Å². The van der Waals surface area contributed by atoms with Crippen molar-refractivity contribution in [2.75, 3.05) is 26.2 Å². The molecule has 0 saturated heterocycles. The Morgan fingerprint density at radius 3 is 2.41 bits per heavy atom. The lowest BCUT2D eigenvalue weighted by Crippen LogP contribution is -2.51. The molecule has 11 heteroatoms. The fourth-order valence-electron chi connectivity index (χ4n) is 3.49. The van der Waals surface area contributed by atoms with Crippen molar-refractivity contribution < 1.29 is 33.4 Å². The Kier molecular flexibility index (Phi) is 9.79. The van der Waals surface area contributed by atoms with Crippen molar-refractivity contribution in [2.24, 2.45) is 0 Å². The number of fused-ring (bicyclic) bond motifs is 1. The van der Waals surface area contributed by atoms with Crippen LogP contribution in [0.4, 0.5) is 0 Å². The van der Waals surface area contributed by atoms with Gasteiger partial charge in [0.15, 0.2) is 0 Å². The number of rotatable bonds is 12. The van der Waals surface area contributed by atoms with E-state index in [0.29, 0.717) is 28.2 Å². The number of amides is 2. The summed E-state index contributed by atoms with van der Waals surface area (Å²) in [5, 5.41) is 14.9. The quantitative estimate of drug-likeness (QED) is 0.377. The number of hydrogen-bond acceptors (Lipinski definition) is 8. The maximum absolute atomic E-state index is 12.7. The van der Waals surface area contributed by atoms with Gasteiger partial charge in [0.1, 0.15) is 29.2 Å². The number of thioether (sulfide) groups is 1. The van der Waals surface area contributed by atoms with E-state index in [-0.39, 0.29) is 30.4 Å². The largest absolute Gasteiger partial charge is 0.496 e. The number of carbonyl (C=O) groups excluding carboxylic acids is 2. The van der Waals surface area contributed by atoms with E-state index >= 15 is 0 Å². The number of methoxy groups -OCH3 is 2. The second-order valence-corrected chi connectivity index (χ2v) is 8.57. The minimum atomic E-state index is -1.14. The van der Waals surface area contributed by atoms with Gasteiger partial charge in [0.2, 0.25) is 11.8 Å². The Morgan fingerprint density at radius 1 is 1.15 bits per heavy atom. The van der Waals surface area contributed by atoms with Crippen molar-refractivity contribution in [2.45, 2.75) is 45.2 Å². The molecule has 0 saturated carbocycles. The second kappa shape index (κ2) is 12.3. The zero-order valence-electron chi connectivity index (χ0n) is 19.9. The van der Waals surface area contributed by atoms with Crippen LogP contribution in [0.5, 0.6) is 11.5 Å². The van der Waals surface area contributed by atoms with Crippen LogP contribution in [0.25, 0.3) is 11.0 Å². The third kappa shape index (κ3) is 6.43. The Hall–Kier alpha value is -3.21. The summed E-state index contributed by atoms with van der Waals surface area (Å²) < 4.78 is 16.0. The van der Waals surface area contributed by atoms with Crippen LogP contribution in [0, 0.1) is 6.92 Å². The molecule has 0 radical (unpaired) electrons. The lowest BCUT2D eigenvalue weighted by molar-refractivity contribution is -0.142. The summed E-state index contributed by atoms with van der Waals surface area (Å²) in [6.07, 6.45) is 2.02. The summed E-state index contributed by atoms with van der Waals surface area (Å²) in [6.45, 7) is 3.38. The van der Waals surface area contributed by atoms with E-state index in [1.54, 1.807) is 26.0 Å². The molecule has 186 valence electrons. The van der Waals surface area contributed by atoms with Crippen LogP contribution < -0.4 is 25.7 Å². The minimum Gasteiger partial charge on any atom is -0.496 e. The molecule has 2 rings (SSSR count). The fraction of sp³-hybridized carbons (Fsp3) is 0.478. The third-order valence-corrected chi connectivity index (χ3v) is 6.04. The third-order valence-electron chi connectivity index (χ3n) is 5.39. The number of aryl methyl sites for hydroxylation is 1. The first-order valence-corrected chi connectivity index (χ1v) is 12.1. The first-order chi connectivity index (χ1) is 16.2. The van der Waals surface area contributed by atoms with Gasteiger partial charge in [0.05, 0.1) is 31.6 Å². The molecular weight excluding hydrogens is 464 g/mol. The van der Waals surface area contributed by atoms with Gasteiger partial charge in [-0.2, -0.15) is 11.8 Å². The highest BCUT2D eigenvalue weighted by atomic mass is 32.2. The molecule has 0 aliphatic rings. The summed E-state index contributed by atoms with van der Waals surface area (Å²) in [5.41, 5.74) is 0.225. The van der Waals surface area contributed by atoms with Gasteiger partial charge in [-0.25, -0.2) is 9.59 Å². The summed E-state index contributed by atoms with van der Waals surface area (Å²) >= 11 is 1.47.